The Morgan fingerprint density at radius 1 is 1.60 bits per heavy atom. The molecule has 0 aromatic heterocycles. The summed E-state index contributed by atoms with van der Waals surface area (Å²) in [6.07, 6.45) is 6.13. The Kier molecular flexibility index (Phi) is 4.86. The minimum Gasteiger partial charge on any atom is -0.497 e. The number of ether oxygens (including phenoxy) is 1. The molecule has 0 aromatic rings. The molecule has 0 radical (unpaired) electrons. The zero-order valence-electron chi connectivity index (χ0n) is 5.36. The summed E-state index contributed by atoms with van der Waals surface area (Å²) in [5, 5.41) is 7.19. The number of hydrogen-bond acceptors (Lipinski definition) is 2. The molecule has 0 unspecified atom stereocenters. The van der Waals surface area contributed by atoms with Gasteiger partial charge in [-0.2, -0.15) is 0 Å². The van der Waals surface area contributed by atoms with Crippen LogP contribution in [0.5, 0.6) is 0 Å². The van der Waals surface area contributed by atoms with Crippen molar-refractivity contribution in [3.63, 3.8) is 0 Å². The van der Waals surface area contributed by atoms with Crippen molar-refractivity contribution in [2.24, 2.45) is 5.73 Å². The van der Waals surface area contributed by atoms with Crippen molar-refractivity contribution >= 4 is 6.09 Å². The average Bonchev–Trinajstić information content (AvgIpc) is 1.90. The van der Waals surface area contributed by atoms with E-state index in [-0.39, 0.29) is 0 Å². The minimum atomic E-state index is -1.33. The normalized spacial score (nSPS) is 12.8. The predicted octanol–water partition coefficient (Wildman–Crippen LogP) is 0.710. The molecule has 1 rings (SSSR count). The van der Waals surface area contributed by atoms with Gasteiger partial charge in [0, 0.05) is 0 Å². The Morgan fingerprint density at radius 2 is 2.20 bits per heavy atom. The summed E-state index contributed by atoms with van der Waals surface area (Å²) in [5.74, 6) is 0. The van der Waals surface area contributed by atoms with E-state index in [4.69, 9.17) is 14.6 Å². The van der Waals surface area contributed by atoms with Gasteiger partial charge in [-0.25, -0.2) is 4.79 Å². The third kappa shape index (κ3) is 9.75. The number of amides is 1. The fourth-order valence-electron chi connectivity index (χ4n) is 0.346. The molecule has 4 heteroatoms. The van der Waals surface area contributed by atoms with E-state index in [1.165, 1.54) is 0 Å². The molecule has 0 aliphatic carbocycles. The van der Waals surface area contributed by atoms with Crippen LogP contribution in [0.15, 0.2) is 24.5 Å². The fraction of sp³-hybridized carbons (Fsp3) is 0.167. The van der Waals surface area contributed by atoms with E-state index in [1.54, 1.807) is 6.26 Å². The summed E-state index contributed by atoms with van der Waals surface area (Å²) < 4.78 is 4.80. The molecule has 10 heavy (non-hydrogen) atoms. The Labute approximate surface area is 58.6 Å². The maximum Gasteiger partial charge on any atom is 0.402 e. The van der Waals surface area contributed by atoms with Gasteiger partial charge in [0.2, 0.25) is 0 Å². The molecular formula is C6H9NO3. The fourth-order valence-corrected chi connectivity index (χ4v) is 0.346. The van der Waals surface area contributed by atoms with Crippen LogP contribution < -0.4 is 5.73 Å². The molecule has 1 aliphatic rings. The standard InChI is InChI=1S/C5H6O.CH3NO2/c1-2-4-6-5-3-1;2-1(3)4/h1-4H,5H2;2H2,(H,3,4). The third-order valence-electron chi connectivity index (χ3n) is 0.614. The molecule has 1 aliphatic heterocycles. The number of rotatable bonds is 0. The first-order valence-corrected chi connectivity index (χ1v) is 2.65. The Hall–Kier alpha value is -1.45. The van der Waals surface area contributed by atoms with Crippen molar-refractivity contribution in [3.8, 4) is 0 Å². The molecule has 4 nitrogen and oxygen atoms in total. The van der Waals surface area contributed by atoms with Gasteiger partial charge in [-0.3, -0.25) is 0 Å². The topological polar surface area (TPSA) is 72.5 Å². The molecule has 3 N–H and O–H groups in total. The second kappa shape index (κ2) is 5.68. The Balaban J connectivity index is 0.000000180. The van der Waals surface area contributed by atoms with Gasteiger partial charge in [0.1, 0.15) is 6.61 Å². The van der Waals surface area contributed by atoms with Crippen LogP contribution >= 0.6 is 0 Å². The maximum absolute atomic E-state index is 8.78. The van der Waals surface area contributed by atoms with Gasteiger partial charge < -0.3 is 15.6 Å². The van der Waals surface area contributed by atoms with Gasteiger partial charge in [0.05, 0.1) is 6.26 Å². The maximum atomic E-state index is 8.78. The van der Waals surface area contributed by atoms with E-state index in [0.29, 0.717) is 0 Å². The summed E-state index contributed by atoms with van der Waals surface area (Å²) in [7, 11) is 0. The molecule has 1 amide bonds. The van der Waals surface area contributed by atoms with Gasteiger partial charge in [0.15, 0.2) is 0 Å². The molecular weight excluding hydrogens is 134 g/mol. The van der Waals surface area contributed by atoms with Crippen LogP contribution in [0.25, 0.3) is 0 Å². The molecule has 0 spiro atoms. The van der Waals surface area contributed by atoms with Crippen molar-refractivity contribution in [2.45, 2.75) is 0 Å². The van der Waals surface area contributed by atoms with E-state index in [1.807, 2.05) is 18.2 Å². The second-order valence-corrected chi connectivity index (χ2v) is 1.43. The number of carbonyl (C=O) groups is 1. The lowest BCUT2D eigenvalue weighted by molar-refractivity contribution is 0.205. The molecule has 0 saturated carbocycles. The lowest BCUT2D eigenvalue weighted by atomic mass is 10.5. The zero-order chi connectivity index (χ0) is 7.82. The molecule has 0 atom stereocenters. The lowest BCUT2D eigenvalue weighted by Crippen LogP contribution is -2.03. The van der Waals surface area contributed by atoms with Gasteiger partial charge in [-0.15, -0.1) is 0 Å². The third-order valence-corrected chi connectivity index (χ3v) is 0.614. The Bertz CT molecular complexity index is 135. The van der Waals surface area contributed by atoms with Crippen molar-refractivity contribution in [3.05, 3.63) is 24.5 Å². The zero-order valence-corrected chi connectivity index (χ0v) is 5.36. The highest BCUT2D eigenvalue weighted by atomic mass is 16.5. The molecule has 1 heterocycles. The Morgan fingerprint density at radius 3 is 2.30 bits per heavy atom. The first-order chi connectivity index (χ1) is 4.73. The van der Waals surface area contributed by atoms with E-state index in [9.17, 15) is 0 Å². The highest BCUT2D eigenvalue weighted by molar-refractivity contribution is 5.61. The van der Waals surface area contributed by atoms with Gasteiger partial charge in [0.25, 0.3) is 0 Å². The summed E-state index contributed by atoms with van der Waals surface area (Å²) in [6.45, 7) is 0.733. The SMILES string of the molecule is C1=CCOC=C1.NC(=O)O. The average molecular weight is 143 g/mol. The van der Waals surface area contributed by atoms with Crippen LogP contribution in [0.1, 0.15) is 0 Å². The van der Waals surface area contributed by atoms with Crippen LogP contribution in [0.4, 0.5) is 4.79 Å². The highest BCUT2D eigenvalue weighted by Crippen LogP contribution is 1.87. The number of allylic oxidation sites excluding steroid dienone is 2. The first kappa shape index (κ1) is 8.55. The largest absolute Gasteiger partial charge is 0.497 e. The van der Waals surface area contributed by atoms with Gasteiger partial charge >= 0.3 is 6.09 Å². The van der Waals surface area contributed by atoms with Crippen molar-refractivity contribution in [1.29, 1.82) is 0 Å². The molecule has 0 saturated heterocycles. The summed E-state index contributed by atoms with van der Waals surface area (Å²) in [4.78, 5) is 8.78. The second-order valence-electron chi connectivity index (χ2n) is 1.43. The van der Waals surface area contributed by atoms with Crippen molar-refractivity contribution < 1.29 is 14.6 Å². The van der Waals surface area contributed by atoms with Crippen LogP contribution in [-0.2, 0) is 4.74 Å². The van der Waals surface area contributed by atoms with E-state index in [0.717, 1.165) is 6.61 Å². The van der Waals surface area contributed by atoms with Crippen LogP contribution in [0.3, 0.4) is 0 Å². The molecule has 56 valence electrons. The van der Waals surface area contributed by atoms with Crippen molar-refractivity contribution in [1.82, 2.24) is 0 Å². The monoisotopic (exact) mass is 143 g/mol. The quantitative estimate of drug-likeness (QED) is 0.524. The van der Waals surface area contributed by atoms with E-state index >= 15 is 0 Å². The minimum absolute atomic E-state index is 0.733. The lowest BCUT2D eigenvalue weighted by Gasteiger charge is -1.94. The van der Waals surface area contributed by atoms with Crippen LogP contribution in [0, 0.1) is 0 Å². The predicted molar refractivity (Wildman–Crippen MR) is 36.4 cm³/mol. The number of carboxylic acid groups (broad SMARTS) is 1. The number of primary amides is 1. The van der Waals surface area contributed by atoms with Crippen LogP contribution in [0.2, 0.25) is 0 Å². The first-order valence-electron chi connectivity index (χ1n) is 2.65. The van der Waals surface area contributed by atoms with E-state index in [2.05, 4.69) is 5.73 Å². The van der Waals surface area contributed by atoms with Gasteiger partial charge in [-0.05, 0) is 12.2 Å². The van der Waals surface area contributed by atoms with Crippen molar-refractivity contribution in [2.75, 3.05) is 6.61 Å². The highest BCUT2D eigenvalue weighted by Gasteiger charge is 1.75. The summed E-state index contributed by atoms with van der Waals surface area (Å²) >= 11 is 0. The number of hydrogen-bond donors (Lipinski definition) is 2. The smallest absolute Gasteiger partial charge is 0.402 e. The molecule has 0 bridgehead atoms. The molecule has 0 fully saturated rings. The summed E-state index contributed by atoms with van der Waals surface area (Å²) in [6, 6.07) is 0. The van der Waals surface area contributed by atoms with Gasteiger partial charge in [-0.1, -0.05) is 6.08 Å². The summed E-state index contributed by atoms with van der Waals surface area (Å²) in [5.41, 5.74) is 4.03. The van der Waals surface area contributed by atoms with E-state index < -0.39 is 6.09 Å². The van der Waals surface area contributed by atoms with Crippen LogP contribution in [-0.4, -0.2) is 17.8 Å². The molecule has 0 aromatic carbocycles. The number of nitrogens with two attached hydrogens (primary N) is 1.